The number of hydrogen-bond donors (Lipinski definition) is 1. The van der Waals surface area contributed by atoms with E-state index in [9.17, 15) is 9.50 Å². The number of aliphatic hydroxyl groups excluding tert-OH is 1. The predicted molar refractivity (Wildman–Crippen MR) is 74.7 cm³/mol. The van der Waals surface area contributed by atoms with Crippen molar-refractivity contribution in [2.24, 2.45) is 0 Å². The van der Waals surface area contributed by atoms with Crippen LogP contribution in [0.15, 0.2) is 48.8 Å². The summed E-state index contributed by atoms with van der Waals surface area (Å²) in [5.74, 6) is -0.294. The highest BCUT2D eigenvalue weighted by molar-refractivity contribution is 5.60. The van der Waals surface area contributed by atoms with Gasteiger partial charge in [-0.1, -0.05) is 17.3 Å². The quantitative estimate of drug-likeness (QED) is 0.796. The van der Waals surface area contributed by atoms with Crippen molar-refractivity contribution in [2.75, 3.05) is 0 Å². The Kier molecular flexibility index (Phi) is 3.70. The van der Waals surface area contributed by atoms with Gasteiger partial charge < -0.3 is 5.11 Å². The third-order valence-electron chi connectivity index (χ3n) is 3.11. The monoisotopic (exact) mass is 284 g/mol. The first kappa shape index (κ1) is 13.4. The minimum absolute atomic E-state index is 0.215. The minimum atomic E-state index is -0.294. The lowest BCUT2D eigenvalue weighted by atomic mass is 10.1. The summed E-state index contributed by atoms with van der Waals surface area (Å²) in [6.07, 6.45) is 3.35. The SMILES string of the molecule is OCc1nnn(Cc2cccc(F)c2)c1-c1cccnc1. The number of halogens is 1. The maximum Gasteiger partial charge on any atom is 0.123 e. The molecule has 0 aliphatic carbocycles. The van der Waals surface area contributed by atoms with Crippen molar-refractivity contribution in [3.8, 4) is 11.3 Å². The Balaban J connectivity index is 2.02. The third kappa shape index (κ3) is 2.80. The molecule has 2 heterocycles. The molecule has 0 fully saturated rings. The highest BCUT2D eigenvalue weighted by atomic mass is 19.1. The molecule has 0 aliphatic heterocycles. The van der Waals surface area contributed by atoms with E-state index in [-0.39, 0.29) is 12.4 Å². The first-order chi connectivity index (χ1) is 10.3. The molecule has 0 bridgehead atoms. The van der Waals surface area contributed by atoms with Crippen LogP contribution in [0.4, 0.5) is 4.39 Å². The van der Waals surface area contributed by atoms with Crippen molar-refractivity contribution >= 4 is 0 Å². The van der Waals surface area contributed by atoms with Crippen LogP contribution in [0.1, 0.15) is 11.3 Å². The zero-order valence-corrected chi connectivity index (χ0v) is 11.1. The molecule has 21 heavy (non-hydrogen) atoms. The van der Waals surface area contributed by atoms with E-state index in [1.54, 1.807) is 29.2 Å². The van der Waals surface area contributed by atoms with Crippen LogP contribution in [0, 0.1) is 5.82 Å². The predicted octanol–water partition coefficient (Wildman–Crippen LogP) is 2.02. The molecule has 0 saturated carbocycles. The lowest BCUT2D eigenvalue weighted by molar-refractivity contribution is 0.277. The fourth-order valence-electron chi connectivity index (χ4n) is 2.19. The normalized spacial score (nSPS) is 10.8. The van der Waals surface area contributed by atoms with Crippen LogP contribution in [-0.4, -0.2) is 25.1 Å². The van der Waals surface area contributed by atoms with Crippen LogP contribution in [0.25, 0.3) is 11.3 Å². The Morgan fingerprint density at radius 3 is 2.81 bits per heavy atom. The van der Waals surface area contributed by atoms with E-state index in [4.69, 9.17) is 0 Å². The molecule has 5 nitrogen and oxygen atoms in total. The summed E-state index contributed by atoms with van der Waals surface area (Å²) >= 11 is 0. The molecule has 2 aromatic heterocycles. The molecule has 0 spiro atoms. The van der Waals surface area contributed by atoms with E-state index < -0.39 is 0 Å². The second kappa shape index (κ2) is 5.80. The fourth-order valence-corrected chi connectivity index (χ4v) is 2.19. The largest absolute Gasteiger partial charge is 0.390 e. The average Bonchev–Trinajstić information content (AvgIpc) is 2.91. The molecule has 0 saturated heterocycles. The van der Waals surface area contributed by atoms with E-state index in [1.165, 1.54) is 12.1 Å². The molecule has 1 N–H and O–H groups in total. The van der Waals surface area contributed by atoms with Gasteiger partial charge in [0.1, 0.15) is 11.5 Å². The summed E-state index contributed by atoms with van der Waals surface area (Å²) < 4.78 is 14.9. The molecule has 0 amide bonds. The Labute approximate surface area is 120 Å². The first-order valence-electron chi connectivity index (χ1n) is 6.46. The summed E-state index contributed by atoms with van der Waals surface area (Å²) in [7, 11) is 0. The molecule has 1 aromatic carbocycles. The number of benzene rings is 1. The minimum Gasteiger partial charge on any atom is -0.390 e. The summed E-state index contributed by atoms with van der Waals surface area (Å²) in [4.78, 5) is 4.07. The van der Waals surface area contributed by atoms with Gasteiger partial charge in [-0.15, -0.1) is 5.10 Å². The van der Waals surface area contributed by atoms with Gasteiger partial charge in [0.15, 0.2) is 0 Å². The molecule has 106 valence electrons. The van der Waals surface area contributed by atoms with Crippen molar-refractivity contribution in [3.05, 3.63) is 65.9 Å². The molecule has 0 radical (unpaired) electrons. The zero-order chi connectivity index (χ0) is 14.7. The van der Waals surface area contributed by atoms with Crippen LogP contribution >= 0.6 is 0 Å². The number of pyridine rings is 1. The average molecular weight is 284 g/mol. The van der Waals surface area contributed by atoms with Crippen molar-refractivity contribution in [1.29, 1.82) is 0 Å². The summed E-state index contributed by atoms with van der Waals surface area (Å²) in [5, 5.41) is 17.4. The number of aromatic nitrogens is 4. The van der Waals surface area contributed by atoms with E-state index in [0.29, 0.717) is 17.9 Å². The van der Waals surface area contributed by atoms with E-state index in [1.807, 2.05) is 12.1 Å². The van der Waals surface area contributed by atoms with Gasteiger partial charge in [0.25, 0.3) is 0 Å². The first-order valence-corrected chi connectivity index (χ1v) is 6.46. The van der Waals surface area contributed by atoms with Crippen molar-refractivity contribution < 1.29 is 9.50 Å². The number of aliphatic hydroxyl groups is 1. The molecule has 0 unspecified atom stereocenters. The molecule has 3 rings (SSSR count). The van der Waals surface area contributed by atoms with Gasteiger partial charge in [-0.2, -0.15) is 0 Å². The molecule has 0 aliphatic rings. The Morgan fingerprint density at radius 2 is 2.10 bits per heavy atom. The van der Waals surface area contributed by atoms with Gasteiger partial charge in [-0.05, 0) is 29.8 Å². The topological polar surface area (TPSA) is 63.8 Å². The summed E-state index contributed by atoms with van der Waals surface area (Å²) in [6.45, 7) is 0.155. The maximum absolute atomic E-state index is 13.3. The number of rotatable bonds is 4. The van der Waals surface area contributed by atoms with Gasteiger partial charge >= 0.3 is 0 Å². The zero-order valence-electron chi connectivity index (χ0n) is 11.1. The Hall–Kier alpha value is -2.60. The van der Waals surface area contributed by atoms with Crippen molar-refractivity contribution in [1.82, 2.24) is 20.0 Å². The van der Waals surface area contributed by atoms with Crippen LogP contribution in [0.2, 0.25) is 0 Å². The third-order valence-corrected chi connectivity index (χ3v) is 3.11. The van der Waals surface area contributed by atoms with Gasteiger partial charge in [-0.25, -0.2) is 9.07 Å². The van der Waals surface area contributed by atoms with Crippen molar-refractivity contribution in [2.45, 2.75) is 13.2 Å². The number of hydrogen-bond acceptors (Lipinski definition) is 4. The lowest BCUT2D eigenvalue weighted by Gasteiger charge is -2.07. The van der Waals surface area contributed by atoms with Crippen LogP contribution in [0.5, 0.6) is 0 Å². The molecule has 6 heteroatoms. The summed E-state index contributed by atoms with van der Waals surface area (Å²) in [6, 6.07) is 9.98. The molecular weight excluding hydrogens is 271 g/mol. The Bertz CT molecular complexity index is 742. The standard InChI is InChI=1S/C15H13FN4O/c16-13-5-1-3-11(7-13)9-20-15(14(10-21)18-19-20)12-4-2-6-17-8-12/h1-8,21H,9-10H2. The van der Waals surface area contributed by atoms with E-state index in [2.05, 4.69) is 15.3 Å². The molecule has 0 atom stereocenters. The summed E-state index contributed by atoms with van der Waals surface area (Å²) in [5.41, 5.74) is 2.74. The Morgan fingerprint density at radius 1 is 1.19 bits per heavy atom. The van der Waals surface area contributed by atoms with Crippen LogP contribution in [-0.2, 0) is 13.2 Å². The van der Waals surface area contributed by atoms with E-state index >= 15 is 0 Å². The smallest absolute Gasteiger partial charge is 0.123 e. The highest BCUT2D eigenvalue weighted by Crippen LogP contribution is 2.22. The van der Waals surface area contributed by atoms with Gasteiger partial charge in [-0.3, -0.25) is 4.98 Å². The van der Waals surface area contributed by atoms with Gasteiger partial charge in [0, 0.05) is 18.0 Å². The second-order valence-electron chi connectivity index (χ2n) is 4.57. The van der Waals surface area contributed by atoms with Gasteiger partial charge in [0.2, 0.25) is 0 Å². The highest BCUT2D eigenvalue weighted by Gasteiger charge is 2.14. The fraction of sp³-hybridized carbons (Fsp3) is 0.133. The van der Waals surface area contributed by atoms with E-state index in [0.717, 1.165) is 11.1 Å². The van der Waals surface area contributed by atoms with Crippen molar-refractivity contribution in [3.63, 3.8) is 0 Å². The lowest BCUT2D eigenvalue weighted by Crippen LogP contribution is -2.05. The molecule has 3 aromatic rings. The second-order valence-corrected chi connectivity index (χ2v) is 4.57. The van der Waals surface area contributed by atoms with Gasteiger partial charge in [0.05, 0.1) is 18.8 Å². The van der Waals surface area contributed by atoms with Crippen LogP contribution < -0.4 is 0 Å². The maximum atomic E-state index is 13.3. The number of nitrogens with zero attached hydrogens (tertiary/aromatic N) is 4. The van der Waals surface area contributed by atoms with Crippen LogP contribution in [0.3, 0.4) is 0 Å². The molecular formula is C15H13FN4O.